The van der Waals surface area contributed by atoms with E-state index in [4.69, 9.17) is 14.2 Å². The molecule has 2 aromatic carbocycles. The molecule has 2 saturated heterocycles. The van der Waals surface area contributed by atoms with Crippen molar-refractivity contribution in [2.45, 2.75) is 30.8 Å². The van der Waals surface area contributed by atoms with E-state index in [-0.39, 0.29) is 30.3 Å². The molecule has 1 aromatic heterocycles. The number of nitrogens with one attached hydrogen (secondary N) is 3. The topological polar surface area (TPSA) is 107 Å². The summed E-state index contributed by atoms with van der Waals surface area (Å²) < 4.78 is 17.2. The van der Waals surface area contributed by atoms with Crippen LogP contribution in [0.3, 0.4) is 0 Å². The third kappa shape index (κ3) is 4.95. The van der Waals surface area contributed by atoms with E-state index in [0.29, 0.717) is 25.7 Å². The van der Waals surface area contributed by atoms with Crippen LogP contribution in [0, 0.1) is 0 Å². The first-order valence-corrected chi connectivity index (χ1v) is 11.2. The summed E-state index contributed by atoms with van der Waals surface area (Å²) in [4.78, 5) is 21.4. The molecule has 0 spiro atoms. The van der Waals surface area contributed by atoms with E-state index in [9.17, 15) is 4.79 Å². The number of urea groups is 1. The van der Waals surface area contributed by atoms with Crippen LogP contribution < -0.4 is 20.7 Å². The molecule has 2 aliphatic rings. The molecule has 0 bridgehead atoms. The number of amides is 2. The van der Waals surface area contributed by atoms with Crippen LogP contribution >= 0.6 is 0 Å². The zero-order valence-electron chi connectivity index (χ0n) is 18.8. The third-order valence-corrected chi connectivity index (χ3v) is 6.02. The fourth-order valence-corrected chi connectivity index (χ4v) is 4.26. The average Bonchev–Trinajstić information content (AvgIpc) is 3.47. The lowest BCUT2D eigenvalue weighted by atomic mass is 10.1. The Morgan fingerprint density at radius 1 is 1.00 bits per heavy atom. The number of nitrogens with zero attached hydrogens (tertiary/aromatic N) is 2. The molecular weight excluding hydrogens is 434 g/mol. The Hall–Kier alpha value is -3.69. The molecule has 2 fully saturated rings. The zero-order chi connectivity index (χ0) is 23.3. The predicted molar refractivity (Wildman–Crippen MR) is 127 cm³/mol. The number of hydrogen-bond acceptors (Lipinski definition) is 7. The van der Waals surface area contributed by atoms with Crippen molar-refractivity contribution in [2.24, 2.45) is 0 Å². The SMILES string of the molecule is COc1ccc(-c2ccnc(NC3COC4C(NC(=O)NCc5ccccc5)COC34)n2)cc1. The molecule has 2 aliphatic heterocycles. The van der Waals surface area contributed by atoms with Gasteiger partial charge >= 0.3 is 6.03 Å². The Morgan fingerprint density at radius 3 is 2.50 bits per heavy atom. The van der Waals surface area contributed by atoms with Crippen LogP contribution in [0.5, 0.6) is 5.75 Å². The van der Waals surface area contributed by atoms with Gasteiger partial charge in [0.25, 0.3) is 0 Å². The molecule has 9 heteroatoms. The molecule has 4 atom stereocenters. The van der Waals surface area contributed by atoms with E-state index in [1.807, 2.05) is 60.7 Å². The average molecular weight is 462 g/mol. The number of fused-ring (bicyclic) bond motifs is 1. The standard InChI is InChI=1S/C25H27N5O4/c1-32-18-9-7-17(8-10-18)19-11-12-26-24(28-19)29-20-14-33-23-21(15-34-22(20)23)30-25(31)27-13-16-5-3-2-4-6-16/h2-12,20-23H,13-15H2,1H3,(H,26,28,29)(H2,27,30,31). The van der Waals surface area contributed by atoms with E-state index < -0.39 is 0 Å². The lowest BCUT2D eigenvalue weighted by Crippen LogP contribution is -2.48. The van der Waals surface area contributed by atoms with Gasteiger partial charge in [-0.3, -0.25) is 0 Å². The maximum Gasteiger partial charge on any atom is 0.315 e. The molecule has 4 unspecified atom stereocenters. The smallest absolute Gasteiger partial charge is 0.315 e. The minimum absolute atomic E-state index is 0.115. The van der Waals surface area contributed by atoms with Crippen LogP contribution in [0.25, 0.3) is 11.3 Å². The Kier molecular flexibility index (Phi) is 6.55. The fourth-order valence-electron chi connectivity index (χ4n) is 4.26. The first-order valence-electron chi connectivity index (χ1n) is 11.2. The highest BCUT2D eigenvalue weighted by Gasteiger charge is 2.48. The number of rotatable bonds is 7. The van der Waals surface area contributed by atoms with Crippen molar-refractivity contribution < 1.29 is 19.0 Å². The molecule has 0 aliphatic carbocycles. The minimum Gasteiger partial charge on any atom is -0.497 e. The number of anilines is 1. The van der Waals surface area contributed by atoms with E-state index in [1.165, 1.54) is 0 Å². The fraction of sp³-hybridized carbons (Fsp3) is 0.320. The van der Waals surface area contributed by atoms with E-state index in [2.05, 4.69) is 25.9 Å². The van der Waals surface area contributed by atoms with E-state index in [0.717, 1.165) is 22.6 Å². The Bertz CT molecular complexity index is 1110. The van der Waals surface area contributed by atoms with Crippen molar-refractivity contribution >= 4 is 12.0 Å². The number of methoxy groups -OCH3 is 1. The summed E-state index contributed by atoms with van der Waals surface area (Å²) in [5.41, 5.74) is 2.81. The number of carbonyl (C=O) groups is 1. The van der Waals surface area contributed by atoms with Gasteiger partial charge in [-0.1, -0.05) is 30.3 Å². The summed E-state index contributed by atoms with van der Waals surface area (Å²) in [6, 6.07) is 18.8. The van der Waals surface area contributed by atoms with Crippen LogP contribution in [-0.4, -0.2) is 60.6 Å². The molecule has 5 rings (SSSR count). The highest BCUT2D eigenvalue weighted by molar-refractivity contribution is 5.74. The largest absolute Gasteiger partial charge is 0.497 e. The summed E-state index contributed by atoms with van der Waals surface area (Å²) in [5, 5.41) is 9.20. The monoisotopic (exact) mass is 461 g/mol. The van der Waals surface area contributed by atoms with Gasteiger partial charge in [0.2, 0.25) is 5.95 Å². The second-order valence-corrected chi connectivity index (χ2v) is 8.26. The quantitative estimate of drug-likeness (QED) is 0.497. The van der Waals surface area contributed by atoms with E-state index in [1.54, 1.807) is 13.3 Å². The molecular formula is C25H27N5O4. The highest BCUT2D eigenvalue weighted by atomic mass is 16.6. The van der Waals surface area contributed by atoms with Crippen LogP contribution in [0.1, 0.15) is 5.56 Å². The van der Waals surface area contributed by atoms with Gasteiger partial charge < -0.3 is 30.2 Å². The molecule has 34 heavy (non-hydrogen) atoms. The lowest BCUT2D eigenvalue weighted by Gasteiger charge is -2.18. The van der Waals surface area contributed by atoms with Crippen LogP contribution in [0.2, 0.25) is 0 Å². The van der Waals surface area contributed by atoms with Gasteiger partial charge in [-0.2, -0.15) is 0 Å². The van der Waals surface area contributed by atoms with Gasteiger partial charge in [-0.25, -0.2) is 14.8 Å². The summed E-state index contributed by atoms with van der Waals surface area (Å²) in [5.74, 6) is 1.30. The van der Waals surface area contributed by atoms with Gasteiger partial charge in [0, 0.05) is 18.3 Å². The Labute approximate surface area is 197 Å². The van der Waals surface area contributed by atoms with Crippen molar-refractivity contribution in [1.82, 2.24) is 20.6 Å². The molecule has 0 saturated carbocycles. The summed E-state index contributed by atoms with van der Waals surface area (Å²) in [6.07, 6.45) is 1.29. The van der Waals surface area contributed by atoms with Crippen LogP contribution in [0.4, 0.5) is 10.7 Å². The summed E-state index contributed by atoms with van der Waals surface area (Å²) in [7, 11) is 1.64. The van der Waals surface area contributed by atoms with Gasteiger partial charge in [0.1, 0.15) is 18.0 Å². The predicted octanol–water partition coefficient (Wildman–Crippen LogP) is 2.60. The zero-order valence-corrected chi connectivity index (χ0v) is 18.8. The third-order valence-electron chi connectivity index (χ3n) is 6.02. The molecule has 3 heterocycles. The molecule has 176 valence electrons. The second kappa shape index (κ2) is 10.1. The van der Waals surface area contributed by atoms with Gasteiger partial charge in [0.15, 0.2) is 0 Å². The van der Waals surface area contributed by atoms with Gasteiger partial charge in [0.05, 0.1) is 38.1 Å². The second-order valence-electron chi connectivity index (χ2n) is 8.26. The summed E-state index contributed by atoms with van der Waals surface area (Å²) >= 11 is 0. The summed E-state index contributed by atoms with van der Waals surface area (Å²) in [6.45, 7) is 1.29. The van der Waals surface area contributed by atoms with Crippen molar-refractivity contribution in [2.75, 3.05) is 25.6 Å². The Morgan fingerprint density at radius 2 is 1.74 bits per heavy atom. The van der Waals surface area contributed by atoms with Crippen molar-refractivity contribution in [1.29, 1.82) is 0 Å². The van der Waals surface area contributed by atoms with Gasteiger partial charge in [-0.05, 0) is 35.9 Å². The first kappa shape index (κ1) is 22.1. The van der Waals surface area contributed by atoms with Crippen molar-refractivity contribution in [3.63, 3.8) is 0 Å². The van der Waals surface area contributed by atoms with Crippen LogP contribution in [-0.2, 0) is 16.0 Å². The maximum absolute atomic E-state index is 12.4. The normalized spacial score (nSPS) is 23.2. The minimum atomic E-state index is -0.242. The number of benzene rings is 2. The number of ether oxygens (including phenoxy) is 3. The number of aromatic nitrogens is 2. The molecule has 0 radical (unpaired) electrons. The molecule has 3 N–H and O–H groups in total. The van der Waals surface area contributed by atoms with Crippen molar-refractivity contribution in [3.8, 4) is 17.0 Å². The van der Waals surface area contributed by atoms with Crippen molar-refractivity contribution in [3.05, 3.63) is 72.4 Å². The molecule has 2 amide bonds. The molecule has 3 aromatic rings. The Balaban J connectivity index is 1.16. The number of carbonyl (C=O) groups excluding carboxylic acids is 1. The number of hydrogen-bond donors (Lipinski definition) is 3. The van der Waals surface area contributed by atoms with Gasteiger partial charge in [-0.15, -0.1) is 0 Å². The van der Waals surface area contributed by atoms with E-state index >= 15 is 0 Å². The lowest BCUT2D eigenvalue weighted by molar-refractivity contribution is 0.0682. The maximum atomic E-state index is 12.4. The molecule has 9 nitrogen and oxygen atoms in total. The first-order chi connectivity index (χ1) is 16.7. The van der Waals surface area contributed by atoms with Crippen LogP contribution in [0.15, 0.2) is 66.9 Å². The highest BCUT2D eigenvalue weighted by Crippen LogP contribution is 2.29.